The molecule has 1 aliphatic rings. The highest BCUT2D eigenvalue weighted by atomic mass is 35.5. The van der Waals surface area contributed by atoms with Gasteiger partial charge in [0.05, 0.1) is 17.7 Å². The van der Waals surface area contributed by atoms with Crippen LogP contribution >= 0.6 is 11.6 Å². The summed E-state index contributed by atoms with van der Waals surface area (Å²) < 4.78 is 15.7. The van der Waals surface area contributed by atoms with E-state index in [4.69, 9.17) is 25.8 Å². The van der Waals surface area contributed by atoms with Gasteiger partial charge in [-0.05, 0) is 44.0 Å². The van der Waals surface area contributed by atoms with E-state index in [1.54, 1.807) is 30.3 Å². The molecular formula is C22H24ClNO8. The van der Waals surface area contributed by atoms with Crippen LogP contribution in [0.2, 0.25) is 5.02 Å². The number of aliphatic carboxylic acids is 2. The van der Waals surface area contributed by atoms with Crippen molar-refractivity contribution >= 4 is 23.5 Å². The molecule has 9 nitrogen and oxygen atoms in total. The molecule has 0 aromatic heterocycles. The molecule has 0 saturated heterocycles. The SMILES string of the molecule is CCOc1c(Cl)cccc1C(O)CNC(C)Cc1ccc2c(c1)OC(C(=O)O)(C(=O)O)O2. The molecule has 10 heteroatoms. The third kappa shape index (κ3) is 4.74. The summed E-state index contributed by atoms with van der Waals surface area (Å²) in [6.07, 6.45) is -0.342. The Labute approximate surface area is 189 Å². The van der Waals surface area contributed by atoms with Crippen LogP contribution in [0.15, 0.2) is 36.4 Å². The number of carboxylic acid groups (broad SMARTS) is 2. The summed E-state index contributed by atoms with van der Waals surface area (Å²) >= 11 is 6.18. The Kier molecular flexibility index (Phi) is 7.12. The Hall–Kier alpha value is -3.01. The van der Waals surface area contributed by atoms with Gasteiger partial charge in [0.1, 0.15) is 5.75 Å². The molecule has 0 radical (unpaired) electrons. The van der Waals surface area contributed by atoms with E-state index in [-0.39, 0.29) is 24.1 Å². The molecule has 2 unspecified atom stereocenters. The van der Waals surface area contributed by atoms with E-state index in [0.29, 0.717) is 29.4 Å². The lowest BCUT2D eigenvalue weighted by molar-refractivity contribution is -0.194. The average Bonchev–Trinajstić information content (AvgIpc) is 3.14. The first kappa shape index (κ1) is 23.6. The number of benzene rings is 2. The molecular weight excluding hydrogens is 442 g/mol. The minimum atomic E-state index is -2.79. The zero-order valence-corrected chi connectivity index (χ0v) is 18.3. The minimum Gasteiger partial charge on any atom is -0.492 e. The normalized spacial score (nSPS) is 15.8. The van der Waals surface area contributed by atoms with Crippen molar-refractivity contribution in [3.8, 4) is 17.2 Å². The predicted molar refractivity (Wildman–Crippen MR) is 114 cm³/mol. The van der Waals surface area contributed by atoms with Crippen LogP contribution in [0.5, 0.6) is 17.2 Å². The van der Waals surface area contributed by atoms with Gasteiger partial charge in [0.15, 0.2) is 11.5 Å². The van der Waals surface area contributed by atoms with Crippen molar-refractivity contribution in [3.05, 3.63) is 52.5 Å². The van der Waals surface area contributed by atoms with Gasteiger partial charge in [0.25, 0.3) is 0 Å². The standard InChI is InChI=1S/C22H24ClNO8/c1-3-30-19-14(5-4-6-15(19)23)16(25)11-24-12(2)9-13-7-8-17-18(10-13)32-22(31-17,20(26)27)21(28)29/h4-8,10,12,16,24-25H,3,9,11H2,1-2H3,(H,26,27)(H,28,29). The molecule has 0 fully saturated rings. The fourth-order valence-corrected chi connectivity index (χ4v) is 3.61. The van der Waals surface area contributed by atoms with Crippen molar-refractivity contribution in [1.29, 1.82) is 0 Å². The second-order valence-corrected chi connectivity index (χ2v) is 7.74. The first-order valence-corrected chi connectivity index (χ1v) is 10.4. The number of nitrogens with one attached hydrogen (secondary N) is 1. The number of carboxylic acids is 2. The lowest BCUT2D eigenvalue weighted by atomic mass is 10.0. The van der Waals surface area contributed by atoms with Crippen LogP contribution in [0.3, 0.4) is 0 Å². The van der Waals surface area contributed by atoms with Crippen LogP contribution in [0.1, 0.15) is 31.1 Å². The van der Waals surface area contributed by atoms with Crippen molar-refractivity contribution in [2.24, 2.45) is 0 Å². The Morgan fingerprint density at radius 3 is 2.50 bits per heavy atom. The van der Waals surface area contributed by atoms with Crippen LogP contribution in [-0.2, 0) is 16.0 Å². The van der Waals surface area contributed by atoms with Gasteiger partial charge in [-0.15, -0.1) is 0 Å². The van der Waals surface area contributed by atoms with Gasteiger partial charge in [-0.2, -0.15) is 0 Å². The molecule has 0 saturated carbocycles. The van der Waals surface area contributed by atoms with E-state index in [1.807, 2.05) is 13.8 Å². The van der Waals surface area contributed by atoms with E-state index >= 15 is 0 Å². The zero-order valence-electron chi connectivity index (χ0n) is 17.5. The molecule has 0 aliphatic carbocycles. The van der Waals surface area contributed by atoms with Gasteiger partial charge < -0.3 is 34.8 Å². The maximum atomic E-state index is 11.4. The lowest BCUT2D eigenvalue weighted by Crippen LogP contribution is -2.54. The van der Waals surface area contributed by atoms with Gasteiger partial charge in [0, 0.05) is 18.2 Å². The van der Waals surface area contributed by atoms with Crippen molar-refractivity contribution in [2.75, 3.05) is 13.2 Å². The van der Waals surface area contributed by atoms with E-state index < -0.39 is 23.8 Å². The summed E-state index contributed by atoms with van der Waals surface area (Å²) in [6.45, 7) is 4.41. The molecule has 2 aromatic carbocycles. The highest BCUT2D eigenvalue weighted by molar-refractivity contribution is 6.32. The van der Waals surface area contributed by atoms with Crippen LogP contribution < -0.4 is 19.5 Å². The number of hydrogen-bond donors (Lipinski definition) is 4. The first-order chi connectivity index (χ1) is 15.2. The van der Waals surface area contributed by atoms with Crippen molar-refractivity contribution in [1.82, 2.24) is 5.32 Å². The monoisotopic (exact) mass is 465 g/mol. The fraction of sp³-hybridized carbons (Fsp3) is 0.364. The molecule has 4 N–H and O–H groups in total. The number of carbonyl (C=O) groups is 2. The third-order valence-electron chi connectivity index (χ3n) is 4.93. The highest BCUT2D eigenvalue weighted by Gasteiger charge is 2.57. The third-order valence-corrected chi connectivity index (χ3v) is 5.22. The van der Waals surface area contributed by atoms with Crippen LogP contribution in [0.4, 0.5) is 0 Å². The topological polar surface area (TPSA) is 135 Å². The second-order valence-electron chi connectivity index (χ2n) is 7.33. The Morgan fingerprint density at radius 1 is 1.16 bits per heavy atom. The molecule has 2 atom stereocenters. The maximum absolute atomic E-state index is 11.4. The summed E-state index contributed by atoms with van der Waals surface area (Å²) in [6, 6.07) is 9.82. The molecule has 0 spiro atoms. The molecule has 3 rings (SSSR count). The summed E-state index contributed by atoms with van der Waals surface area (Å²) in [5.74, 6) is -5.75. The summed E-state index contributed by atoms with van der Waals surface area (Å²) in [4.78, 5) is 22.7. The number of para-hydroxylation sites is 1. The quantitative estimate of drug-likeness (QED) is 0.390. The van der Waals surface area contributed by atoms with Crippen molar-refractivity contribution in [2.45, 2.75) is 38.2 Å². The van der Waals surface area contributed by atoms with Gasteiger partial charge in [-0.1, -0.05) is 29.8 Å². The van der Waals surface area contributed by atoms with Gasteiger partial charge >= 0.3 is 17.7 Å². The number of hydrogen-bond acceptors (Lipinski definition) is 7. The first-order valence-electron chi connectivity index (χ1n) is 9.98. The number of halogens is 1. The van der Waals surface area contributed by atoms with E-state index in [0.717, 1.165) is 5.56 Å². The summed E-state index contributed by atoms with van der Waals surface area (Å²) in [7, 11) is 0. The smallest absolute Gasteiger partial charge is 0.453 e. The summed E-state index contributed by atoms with van der Waals surface area (Å²) in [5, 5.41) is 32.7. The number of fused-ring (bicyclic) bond motifs is 1. The molecule has 32 heavy (non-hydrogen) atoms. The van der Waals surface area contributed by atoms with Crippen molar-refractivity contribution < 1.29 is 39.1 Å². The molecule has 1 aliphatic heterocycles. The number of rotatable bonds is 10. The predicted octanol–water partition coefficient (Wildman–Crippen LogP) is 2.63. The number of aliphatic hydroxyl groups excluding tert-OH is 1. The van der Waals surface area contributed by atoms with Crippen molar-refractivity contribution in [3.63, 3.8) is 0 Å². The maximum Gasteiger partial charge on any atom is 0.453 e. The Morgan fingerprint density at radius 2 is 1.84 bits per heavy atom. The minimum absolute atomic E-state index is 0.0407. The zero-order chi connectivity index (χ0) is 23.5. The molecule has 2 aromatic rings. The fourth-order valence-electron chi connectivity index (χ4n) is 3.37. The molecule has 1 heterocycles. The van der Waals surface area contributed by atoms with E-state index in [9.17, 15) is 24.9 Å². The van der Waals surface area contributed by atoms with E-state index in [2.05, 4.69) is 5.32 Å². The Bertz CT molecular complexity index is 997. The van der Waals surface area contributed by atoms with Gasteiger partial charge in [0.2, 0.25) is 0 Å². The van der Waals surface area contributed by atoms with Crippen LogP contribution in [0.25, 0.3) is 0 Å². The van der Waals surface area contributed by atoms with Crippen LogP contribution in [0, 0.1) is 0 Å². The van der Waals surface area contributed by atoms with Gasteiger partial charge in [-0.3, -0.25) is 0 Å². The largest absolute Gasteiger partial charge is 0.492 e. The van der Waals surface area contributed by atoms with Crippen LogP contribution in [-0.4, -0.2) is 52.2 Å². The molecule has 172 valence electrons. The molecule has 0 bridgehead atoms. The second kappa shape index (κ2) is 9.64. The number of aliphatic hydroxyl groups is 1. The lowest BCUT2D eigenvalue weighted by Gasteiger charge is -2.20. The van der Waals surface area contributed by atoms with Gasteiger partial charge in [-0.25, -0.2) is 9.59 Å². The van der Waals surface area contributed by atoms with E-state index in [1.165, 1.54) is 6.07 Å². The average molecular weight is 466 g/mol. The molecule has 0 amide bonds. The Balaban J connectivity index is 1.63. The summed E-state index contributed by atoms with van der Waals surface area (Å²) in [5.41, 5.74) is 1.35. The highest BCUT2D eigenvalue weighted by Crippen LogP contribution is 2.40. The number of ether oxygens (including phenoxy) is 3.